The van der Waals surface area contributed by atoms with E-state index in [9.17, 15) is 4.79 Å². The summed E-state index contributed by atoms with van der Waals surface area (Å²) < 4.78 is 0. The molecule has 0 saturated carbocycles. The van der Waals surface area contributed by atoms with E-state index in [0.717, 1.165) is 31.9 Å². The predicted molar refractivity (Wildman–Crippen MR) is 94.6 cm³/mol. The van der Waals surface area contributed by atoms with Crippen LogP contribution < -0.4 is 5.32 Å². The molecule has 1 aromatic carbocycles. The Morgan fingerprint density at radius 3 is 2.33 bits per heavy atom. The summed E-state index contributed by atoms with van der Waals surface area (Å²) in [6, 6.07) is 7.94. The van der Waals surface area contributed by atoms with Gasteiger partial charge in [0.05, 0.1) is 0 Å². The number of nitrogens with zero attached hydrogens (tertiary/aromatic N) is 4. The van der Waals surface area contributed by atoms with Gasteiger partial charge in [-0.25, -0.2) is 9.97 Å². The van der Waals surface area contributed by atoms with Crippen molar-refractivity contribution in [3.8, 4) is 0 Å². The van der Waals surface area contributed by atoms with Gasteiger partial charge in [0.1, 0.15) is 17.8 Å². The van der Waals surface area contributed by atoms with E-state index in [1.807, 2.05) is 4.90 Å². The minimum Gasteiger partial charge on any atom is -0.340 e. The molecule has 1 aliphatic heterocycles. The molecule has 1 fully saturated rings. The van der Waals surface area contributed by atoms with E-state index in [0.29, 0.717) is 11.5 Å². The molecule has 24 heavy (non-hydrogen) atoms. The number of aryl methyl sites for hydroxylation is 2. The van der Waals surface area contributed by atoms with Crippen LogP contribution in [0.5, 0.6) is 0 Å². The number of amides is 1. The number of aromatic nitrogens is 2. The molecule has 0 unspecified atom stereocenters. The quantitative estimate of drug-likeness (QED) is 0.937. The maximum Gasteiger partial charge on any atom is 0.272 e. The number of piperazine rings is 1. The van der Waals surface area contributed by atoms with Gasteiger partial charge in [0, 0.05) is 37.9 Å². The summed E-state index contributed by atoms with van der Waals surface area (Å²) in [5, 5.41) is 3.26. The zero-order chi connectivity index (χ0) is 17.1. The number of likely N-dealkylation sites (N-methyl/N-ethyl adjacent to an activating group) is 1. The monoisotopic (exact) mass is 325 g/mol. The van der Waals surface area contributed by atoms with Crippen LogP contribution in [-0.2, 0) is 0 Å². The molecule has 1 aromatic heterocycles. The molecular formula is C18H23N5O. The van der Waals surface area contributed by atoms with Crippen molar-refractivity contribution in [3.05, 3.63) is 47.4 Å². The van der Waals surface area contributed by atoms with Crippen molar-refractivity contribution >= 4 is 17.4 Å². The van der Waals surface area contributed by atoms with Crippen molar-refractivity contribution in [2.75, 3.05) is 38.5 Å². The Morgan fingerprint density at radius 1 is 1.00 bits per heavy atom. The minimum atomic E-state index is -0.0334. The first-order valence-electron chi connectivity index (χ1n) is 8.16. The van der Waals surface area contributed by atoms with Gasteiger partial charge in [0.15, 0.2) is 0 Å². The third-order valence-corrected chi connectivity index (χ3v) is 4.17. The Bertz CT molecular complexity index is 718. The number of hydrogen-bond donors (Lipinski definition) is 1. The zero-order valence-corrected chi connectivity index (χ0v) is 14.4. The van der Waals surface area contributed by atoms with Crippen molar-refractivity contribution in [2.45, 2.75) is 13.8 Å². The maximum absolute atomic E-state index is 12.6. The van der Waals surface area contributed by atoms with Crippen LogP contribution >= 0.6 is 0 Å². The van der Waals surface area contributed by atoms with Crippen molar-refractivity contribution < 1.29 is 4.79 Å². The van der Waals surface area contributed by atoms with Crippen molar-refractivity contribution in [3.63, 3.8) is 0 Å². The Morgan fingerprint density at radius 2 is 1.67 bits per heavy atom. The highest BCUT2D eigenvalue weighted by molar-refractivity contribution is 5.93. The molecule has 0 aliphatic carbocycles. The first kappa shape index (κ1) is 16.4. The lowest BCUT2D eigenvalue weighted by Crippen LogP contribution is -2.47. The summed E-state index contributed by atoms with van der Waals surface area (Å²) in [4.78, 5) is 25.1. The SMILES string of the molecule is Cc1cc(C)cc(Nc2cc(C(=O)N3CCN(C)CC3)ncn2)c1. The van der Waals surface area contributed by atoms with Gasteiger partial charge in [-0.3, -0.25) is 4.79 Å². The van der Waals surface area contributed by atoms with Crippen LogP contribution in [0.2, 0.25) is 0 Å². The van der Waals surface area contributed by atoms with E-state index in [2.05, 4.69) is 59.3 Å². The van der Waals surface area contributed by atoms with Gasteiger partial charge in [0.2, 0.25) is 0 Å². The van der Waals surface area contributed by atoms with Gasteiger partial charge < -0.3 is 15.1 Å². The summed E-state index contributed by atoms with van der Waals surface area (Å²) in [5.74, 6) is 0.599. The predicted octanol–water partition coefficient (Wildman–Crippen LogP) is 2.22. The topological polar surface area (TPSA) is 61.4 Å². The molecular weight excluding hydrogens is 302 g/mol. The van der Waals surface area contributed by atoms with Crippen LogP contribution in [0, 0.1) is 13.8 Å². The van der Waals surface area contributed by atoms with E-state index in [4.69, 9.17) is 0 Å². The molecule has 0 atom stereocenters. The average Bonchev–Trinajstić information content (AvgIpc) is 2.54. The lowest BCUT2D eigenvalue weighted by molar-refractivity contribution is 0.0658. The van der Waals surface area contributed by atoms with Crippen molar-refractivity contribution in [2.24, 2.45) is 0 Å². The molecule has 1 amide bonds. The Balaban J connectivity index is 1.75. The molecule has 2 aromatic rings. The van der Waals surface area contributed by atoms with Gasteiger partial charge in [-0.1, -0.05) is 6.07 Å². The number of carbonyl (C=O) groups is 1. The van der Waals surface area contributed by atoms with Crippen molar-refractivity contribution in [1.29, 1.82) is 0 Å². The number of nitrogens with one attached hydrogen (secondary N) is 1. The Labute approximate surface area is 142 Å². The Hall–Kier alpha value is -2.47. The number of carbonyl (C=O) groups excluding carboxylic acids is 1. The highest BCUT2D eigenvalue weighted by Gasteiger charge is 2.21. The maximum atomic E-state index is 12.6. The van der Waals surface area contributed by atoms with Gasteiger partial charge in [-0.2, -0.15) is 0 Å². The molecule has 126 valence electrons. The number of rotatable bonds is 3. The first-order valence-corrected chi connectivity index (χ1v) is 8.16. The summed E-state index contributed by atoms with van der Waals surface area (Å²) >= 11 is 0. The van der Waals surface area contributed by atoms with Crippen LogP contribution in [0.15, 0.2) is 30.6 Å². The van der Waals surface area contributed by atoms with E-state index in [1.165, 1.54) is 17.5 Å². The van der Waals surface area contributed by atoms with Crippen LogP contribution in [0.1, 0.15) is 21.6 Å². The van der Waals surface area contributed by atoms with E-state index in [-0.39, 0.29) is 5.91 Å². The number of anilines is 2. The van der Waals surface area contributed by atoms with Crippen LogP contribution in [0.25, 0.3) is 0 Å². The third kappa shape index (κ3) is 3.89. The van der Waals surface area contributed by atoms with Gasteiger partial charge in [-0.15, -0.1) is 0 Å². The summed E-state index contributed by atoms with van der Waals surface area (Å²) in [6.45, 7) is 7.37. The largest absolute Gasteiger partial charge is 0.340 e. The van der Waals surface area contributed by atoms with E-state index >= 15 is 0 Å². The molecule has 1 aliphatic rings. The average molecular weight is 325 g/mol. The molecule has 6 heteroatoms. The molecule has 0 radical (unpaired) electrons. The van der Waals surface area contributed by atoms with Crippen molar-refractivity contribution in [1.82, 2.24) is 19.8 Å². The van der Waals surface area contributed by atoms with Gasteiger partial charge in [-0.05, 0) is 44.2 Å². The number of benzene rings is 1. The van der Waals surface area contributed by atoms with Gasteiger partial charge >= 0.3 is 0 Å². The first-order chi connectivity index (χ1) is 11.5. The lowest BCUT2D eigenvalue weighted by Gasteiger charge is -2.32. The highest BCUT2D eigenvalue weighted by atomic mass is 16.2. The fourth-order valence-electron chi connectivity index (χ4n) is 2.91. The highest BCUT2D eigenvalue weighted by Crippen LogP contribution is 2.19. The lowest BCUT2D eigenvalue weighted by atomic mass is 10.1. The molecule has 0 bridgehead atoms. The zero-order valence-electron chi connectivity index (χ0n) is 14.4. The normalized spacial score (nSPS) is 15.4. The minimum absolute atomic E-state index is 0.0334. The molecule has 2 heterocycles. The molecule has 6 nitrogen and oxygen atoms in total. The summed E-state index contributed by atoms with van der Waals surface area (Å²) in [5.41, 5.74) is 3.76. The standard InChI is InChI=1S/C18H23N5O/c1-13-8-14(2)10-15(9-13)21-17-11-16(19-12-20-17)18(24)23-6-4-22(3)5-7-23/h8-12H,4-7H2,1-3H3,(H,19,20,21). The molecule has 1 N–H and O–H groups in total. The smallest absolute Gasteiger partial charge is 0.272 e. The van der Waals surface area contributed by atoms with Crippen LogP contribution in [0.4, 0.5) is 11.5 Å². The molecule has 3 rings (SSSR count). The Kier molecular flexibility index (Phi) is 4.76. The molecule has 1 saturated heterocycles. The molecule has 0 spiro atoms. The van der Waals surface area contributed by atoms with E-state index < -0.39 is 0 Å². The second-order valence-corrected chi connectivity index (χ2v) is 6.39. The second kappa shape index (κ2) is 6.97. The third-order valence-electron chi connectivity index (χ3n) is 4.17. The van der Waals surface area contributed by atoms with Gasteiger partial charge in [0.25, 0.3) is 5.91 Å². The summed E-state index contributed by atoms with van der Waals surface area (Å²) in [6.07, 6.45) is 1.44. The second-order valence-electron chi connectivity index (χ2n) is 6.39. The van der Waals surface area contributed by atoms with Crippen LogP contribution in [0.3, 0.4) is 0 Å². The van der Waals surface area contributed by atoms with E-state index in [1.54, 1.807) is 6.07 Å². The summed E-state index contributed by atoms with van der Waals surface area (Å²) in [7, 11) is 2.07. The van der Waals surface area contributed by atoms with Crippen LogP contribution in [-0.4, -0.2) is 58.9 Å². The fraction of sp³-hybridized carbons (Fsp3) is 0.389. The number of hydrogen-bond acceptors (Lipinski definition) is 5. The fourth-order valence-corrected chi connectivity index (χ4v) is 2.91.